The zero-order valence-electron chi connectivity index (χ0n) is 18.4. The Balaban J connectivity index is 1.38. The number of pyridine rings is 1. The summed E-state index contributed by atoms with van der Waals surface area (Å²) in [5.74, 6) is 1.02. The third kappa shape index (κ3) is 4.54. The Morgan fingerprint density at radius 3 is 2.70 bits per heavy atom. The van der Waals surface area contributed by atoms with E-state index < -0.39 is 0 Å². The molecule has 166 valence electrons. The molecule has 0 bridgehead atoms. The van der Waals surface area contributed by atoms with Crippen molar-refractivity contribution in [2.24, 2.45) is 0 Å². The number of aromatic nitrogens is 4. The van der Waals surface area contributed by atoms with Gasteiger partial charge < -0.3 is 5.32 Å². The van der Waals surface area contributed by atoms with E-state index in [9.17, 15) is 4.79 Å². The lowest BCUT2D eigenvalue weighted by Crippen LogP contribution is -2.32. The van der Waals surface area contributed by atoms with Gasteiger partial charge in [-0.1, -0.05) is 54.2 Å². The standard InChI is InChI=1S/C26H25N5OS/c1-18-7-2-5-12-23(18)31-25(20-13-15-27-16-14-20)29-30-26(31)33-17-24(32)28-22-11-6-9-19-8-3-4-10-21(19)22/h2-5,7-8,10,12-16,22H,6,9,11,17H2,1H3,(H,28,32). The average Bonchev–Trinajstić information content (AvgIpc) is 3.27. The first-order valence-corrected chi connectivity index (χ1v) is 12.1. The molecular formula is C26H25N5OS. The maximum Gasteiger partial charge on any atom is 0.230 e. The van der Waals surface area contributed by atoms with E-state index in [4.69, 9.17) is 0 Å². The van der Waals surface area contributed by atoms with Crippen molar-refractivity contribution in [3.05, 3.63) is 89.7 Å². The zero-order chi connectivity index (χ0) is 22.6. The van der Waals surface area contributed by atoms with Crippen molar-refractivity contribution in [2.45, 2.75) is 37.4 Å². The molecule has 5 rings (SSSR count). The van der Waals surface area contributed by atoms with Crippen LogP contribution in [0.1, 0.15) is 35.6 Å². The molecule has 4 aromatic rings. The monoisotopic (exact) mass is 455 g/mol. The van der Waals surface area contributed by atoms with Crippen LogP contribution in [0.4, 0.5) is 0 Å². The van der Waals surface area contributed by atoms with E-state index in [1.54, 1.807) is 12.4 Å². The fraction of sp³-hybridized carbons (Fsp3) is 0.231. The molecule has 1 amide bonds. The molecule has 0 fully saturated rings. The van der Waals surface area contributed by atoms with Crippen molar-refractivity contribution >= 4 is 17.7 Å². The van der Waals surface area contributed by atoms with Crippen LogP contribution < -0.4 is 5.32 Å². The number of aryl methyl sites for hydroxylation is 2. The number of rotatable bonds is 6. The molecule has 2 aromatic carbocycles. The van der Waals surface area contributed by atoms with Gasteiger partial charge in [0.15, 0.2) is 11.0 Å². The molecule has 33 heavy (non-hydrogen) atoms. The maximum atomic E-state index is 12.9. The van der Waals surface area contributed by atoms with Gasteiger partial charge >= 0.3 is 0 Å². The molecule has 7 heteroatoms. The molecule has 0 saturated heterocycles. The van der Waals surface area contributed by atoms with Gasteiger partial charge in [-0.05, 0) is 61.1 Å². The van der Waals surface area contributed by atoms with Gasteiger partial charge in [0.1, 0.15) is 0 Å². The fourth-order valence-corrected chi connectivity index (χ4v) is 5.11. The fourth-order valence-electron chi connectivity index (χ4n) is 4.35. The second-order valence-corrected chi connectivity index (χ2v) is 9.11. The van der Waals surface area contributed by atoms with Gasteiger partial charge in [-0.15, -0.1) is 10.2 Å². The van der Waals surface area contributed by atoms with Crippen LogP contribution in [0.15, 0.2) is 78.2 Å². The van der Waals surface area contributed by atoms with Gasteiger partial charge in [0.2, 0.25) is 5.91 Å². The Kier molecular flexibility index (Phi) is 6.21. The highest BCUT2D eigenvalue weighted by Gasteiger charge is 2.23. The summed E-state index contributed by atoms with van der Waals surface area (Å²) < 4.78 is 2.03. The molecule has 0 saturated carbocycles. The normalized spacial score (nSPS) is 15.1. The largest absolute Gasteiger partial charge is 0.349 e. The number of nitrogens with one attached hydrogen (secondary N) is 1. The lowest BCUT2D eigenvalue weighted by atomic mass is 9.88. The maximum absolute atomic E-state index is 12.9. The minimum atomic E-state index is 0.00602. The Morgan fingerprint density at radius 2 is 1.85 bits per heavy atom. The van der Waals surface area contributed by atoms with Crippen molar-refractivity contribution < 1.29 is 4.79 Å². The first-order chi connectivity index (χ1) is 16.2. The molecule has 1 aliphatic rings. The molecule has 1 atom stereocenters. The summed E-state index contributed by atoms with van der Waals surface area (Å²) in [6.45, 7) is 2.06. The van der Waals surface area contributed by atoms with E-state index in [1.807, 2.05) is 41.0 Å². The van der Waals surface area contributed by atoms with Crippen LogP contribution in [-0.2, 0) is 11.2 Å². The van der Waals surface area contributed by atoms with E-state index in [-0.39, 0.29) is 17.7 Å². The summed E-state index contributed by atoms with van der Waals surface area (Å²) in [6.07, 6.45) is 6.63. The van der Waals surface area contributed by atoms with E-state index in [2.05, 4.69) is 51.7 Å². The molecule has 0 radical (unpaired) electrons. The molecular weight excluding hydrogens is 430 g/mol. The summed E-state index contributed by atoms with van der Waals surface area (Å²) in [4.78, 5) is 17.0. The third-order valence-electron chi connectivity index (χ3n) is 5.97. The van der Waals surface area contributed by atoms with Gasteiger partial charge in [0, 0.05) is 18.0 Å². The molecule has 2 heterocycles. The number of amides is 1. The highest BCUT2D eigenvalue weighted by atomic mass is 32.2. The number of carbonyl (C=O) groups excluding carboxylic acids is 1. The van der Waals surface area contributed by atoms with Crippen LogP contribution >= 0.6 is 11.8 Å². The SMILES string of the molecule is Cc1ccccc1-n1c(SCC(=O)NC2CCCc3ccccc32)nnc1-c1ccncc1. The van der Waals surface area contributed by atoms with E-state index in [0.29, 0.717) is 5.16 Å². The Bertz CT molecular complexity index is 1270. The van der Waals surface area contributed by atoms with Gasteiger partial charge in [-0.25, -0.2) is 0 Å². The number of benzene rings is 2. The molecule has 0 spiro atoms. The average molecular weight is 456 g/mol. The number of fused-ring (bicyclic) bond motifs is 1. The molecule has 1 unspecified atom stereocenters. The van der Waals surface area contributed by atoms with Crippen molar-refractivity contribution in [3.8, 4) is 17.1 Å². The van der Waals surface area contributed by atoms with Crippen molar-refractivity contribution in [3.63, 3.8) is 0 Å². The number of hydrogen-bond donors (Lipinski definition) is 1. The van der Waals surface area contributed by atoms with Crippen molar-refractivity contribution in [1.82, 2.24) is 25.1 Å². The van der Waals surface area contributed by atoms with E-state index in [0.717, 1.165) is 41.9 Å². The second-order valence-electron chi connectivity index (χ2n) is 8.16. The van der Waals surface area contributed by atoms with Crippen LogP contribution in [0.25, 0.3) is 17.1 Å². The topological polar surface area (TPSA) is 72.7 Å². The van der Waals surface area contributed by atoms with Gasteiger partial charge in [0.05, 0.1) is 17.5 Å². The minimum absolute atomic E-state index is 0.00602. The van der Waals surface area contributed by atoms with Crippen LogP contribution in [0.5, 0.6) is 0 Å². The summed E-state index contributed by atoms with van der Waals surface area (Å²) in [5, 5.41) is 12.8. The summed E-state index contributed by atoms with van der Waals surface area (Å²) in [5.41, 5.74) is 5.61. The number of carbonyl (C=O) groups is 1. The van der Waals surface area contributed by atoms with Gasteiger partial charge in [-0.3, -0.25) is 14.3 Å². The Labute approximate surface area is 197 Å². The quantitative estimate of drug-likeness (QED) is 0.418. The number of hydrogen-bond acceptors (Lipinski definition) is 5. The Morgan fingerprint density at radius 1 is 1.06 bits per heavy atom. The van der Waals surface area contributed by atoms with Gasteiger partial charge in [0.25, 0.3) is 0 Å². The second kappa shape index (κ2) is 9.58. The smallest absolute Gasteiger partial charge is 0.230 e. The van der Waals surface area contributed by atoms with Crippen molar-refractivity contribution in [1.29, 1.82) is 0 Å². The summed E-state index contributed by atoms with van der Waals surface area (Å²) in [6, 6.07) is 20.4. The lowest BCUT2D eigenvalue weighted by molar-refractivity contribution is -0.119. The highest BCUT2D eigenvalue weighted by molar-refractivity contribution is 7.99. The van der Waals surface area contributed by atoms with Crippen LogP contribution in [0.2, 0.25) is 0 Å². The first-order valence-electron chi connectivity index (χ1n) is 11.1. The minimum Gasteiger partial charge on any atom is -0.349 e. The Hall–Kier alpha value is -3.45. The zero-order valence-corrected chi connectivity index (χ0v) is 19.3. The molecule has 0 aliphatic heterocycles. The number of nitrogens with zero attached hydrogens (tertiary/aromatic N) is 4. The third-order valence-corrected chi connectivity index (χ3v) is 6.89. The van der Waals surface area contributed by atoms with Crippen molar-refractivity contribution in [2.75, 3.05) is 5.75 Å². The van der Waals surface area contributed by atoms with E-state index in [1.165, 1.54) is 22.9 Å². The van der Waals surface area contributed by atoms with Crippen LogP contribution in [-0.4, -0.2) is 31.4 Å². The predicted octanol–water partition coefficient (Wildman–Crippen LogP) is 4.92. The van der Waals surface area contributed by atoms with E-state index >= 15 is 0 Å². The molecule has 1 N–H and O–H groups in total. The van der Waals surface area contributed by atoms with Crippen LogP contribution in [0, 0.1) is 6.92 Å². The molecule has 6 nitrogen and oxygen atoms in total. The first kappa shape index (κ1) is 21.4. The molecule has 2 aromatic heterocycles. The lowest BCUT2D eigenvalue weighted by Gasteiger charge is -2.26. The summed E-state index contributed by atoms with van der Waals surface area (Å²) in [7, 11) is 0. The van der Waals surface area contributed by atoms with Crippen LogP contribution in [0.3, 0.4) is 0 Å². The molecule has 1 aliphatic carbocycles. The summed E-state index contributed by atoms with van der Waals surface area (Å²) >= 11 is 1.41. The highest BCUT2D eigenvalue weighted by Crippen LogP contribution is 2.31. The number of para-hydroxylation sites is 1. The predicted molar refractivity (Wildman–Crippen MR) is 130 cm³/mol. The number of thioether (sulfide) groups is 1. The van der Waals surface area contributed by atoms with Gasteiger partial charge in [-0.2, -0.15) is 0 Å².